The van der Waals surface area contributed by atoms with E-state index in [4.69, 9.17) is 0 Å². The van der Waals surface area contributed by atoms with Gasteiger partial charge in [-0.2, -0.15) is 9.13 Å². The van der Waals surface area contributed by atoms with Crippen molar-refractivity contribution in [3.63, 3.8) is 0 Å². The predicted molar refractivity (Wildman–Crippen MR) is 213 cm³/mol. The van der Waals surface area contributed by atoms with E-state index in [9.17, 15) is 0 Å². The second-order valence-electron chi connectivity index (χ2n) is 14.1. The molecule has 14 aliphatic heterocycles. The number of nitrogens with one attached hydrogen (secondary N) is 2. The first-order chi connectivity index (χ1) is 25.7. The lowest BCUT2D eigenvalue weighted by Gasteiger charge is -2.12. The second kappa shape index (κ2) is 16.8. The lowest BCUT2D eigenvalue weighted by molar-refractivity contribution is -0.662. The smallest absolute Gasteiger partial charge is 0.214 e. The number of rotatable bonds is 0. The van der Waals surface area contributed by atoms with Gasteiger partial charge in [0, 0.05) is 48.5 Å². The largest absolute Gasteiger partial charge is 1.00 e. The number of fused-ring (bicyclic) bond motifs is 1. The van der Waals surface area contributed by atoms with E-state index in [1.807, 2.05) is 0 Å². The SMILES string of the molecule is [Br-].[Br-].c1ccc2c(c1)c1cc[n+]2Cc2ccc(cc2)Cc2ccc(cc2)C[n+]2ccc(c3ccccc32)NCc2ccc(cc2)Cc2ccc(cc2)CN1. The molecule has 0 saturated heterocycles. The van der Waals surface area contributed by atoms with Crippen molar-refractivity contribution in [1.29, 1.82) is 0 Å². The molecule has 0 saturated carbocycles. The summed E-state index contributed by atoms with van der Waals surface area (Å²) in [5, 5.41) is 9.90. The molecule has 14 aliphatic rings. The summed E-state index contributed by atoms with van der Waals surface area (Å²) in [6.45, 7) is 3.19. The van der Waals surface area contributed by atoms with Crippen LogP contribution in [0.1, 0.15) is 44.5 Å². The van der Waals surface area contributed by atoms with Crippen LogP contribution < -0.4 is 53.7 Å². The van der Waals surface area contributed by atoms with Crippen LogP contribution in [0, 0.1) is 0 Å². The number of pyridine rings is 2. The topological polar surface area (TPSA) is 31.8 Å². The molecule has 0 radical (unpaired) electrons. The van der Waals surface area contributed by atoms with Crippen LogP contribution in [0.4, 0.5) is 11.4 Å². The molecule has 0 unspecified atom stereocenters. The molecule has 12 bridgehead atoms. The van der Waals surface area contributed by atoms with E-state index in [0.717, 1.165) is 50.4 Å². The van der Waals surface area contributed by atoms with Gasteiger partial charge in [-0.1, -0.05) is 121 Å². The van der Waals surface area contributed by atoms with Gasteiger partial charge in [-0.15, -0.1) is 0 Å². The summed E-state index contributed by atoms with van der Waals surface area (Å²) in [5.41, 5.74) is 15.2. The summed E-state index contributed by atoms with van der Waals surface area (Å²) in [7, 11) is 0. The van der Waals surface area contributed by atoms with Crippen molar-refractivity contribution >= 4 is 33.2 Å². The van der Waals surface area contributed by atoms with Crippen molar-refractivity contribution in [3.8, 4) is 0 Å². The second-order valence-corrected chi connectivity index (χ2v) is 14.1. The summed E-state index contributed by atoms with van der Waals surface area (Å²) in [4.78, 5) is 0. The minimum absolute atomic E-state index is 0. The zero-order valence-corrected chi connectivity index (χ0v) is 33.2. The number of hydrogen-bond donors (Lipinski definition) is 2. The Balaban J connectivity index is 0.00000225. The van der Waals surface area contributed by atoms with Gasteiger partial charge in [0.25, 0.3) is 0 Å². The van der Waals surface area contributed by atoms with E-state index in [2.05, 4.69) is 190 Å². The van der Waals surface area contributed by atoms with Crippen molar-refractivity contribution in [2.75, 3.05) is 10.6 Å². The van der Waals surface area contributed by atoms with Gasteiger partial charge in [-0.25, -0.2) is 0 Å². The van der Waals surface area contributed by atoms with Crippen LogP contribution in [-0.2, 0) is 39.0 Å². The molecule has 54 heavy (non-hydrogen) atoms. The van der Waals surface area contributed by atoms with Crippen molar-refractivity contribution in [2.45, 2.75) is 39.0 Å². The third-order valence-electron chi connectivity index (χ3n) is 10.4. The Morgan fingerprint density at radius 3 is 1.02 bits per heavy atom. The highest BCUT2D eigenvalue weighted by Gasteiger charge is 2.15. The maximum atomic E-state index is 3.72. The van der Waals surface area contributed by atoms with E-state index in [0.29, 0.717) is 0 Å². The number of para-hydroxylation sites is 2. The van der Waals surface area contributed by atoms with Crippen LogP contribution >= 0.6 is 0 Å². The van der Waals surface area contributed by atoms with Crippen LogP contribution in [0.2, 0.25) is 0 Å². The first-order valence-corrected chi connectivity index (χ1v) is 18.3. The monoisotopic (exact) mass is 832 g/mol. The highest BCUT2D eigenvalue weighted by Crippen LogP contribution is 2.24. The number of nitrogens with zero attached hydrogens (tertiary/aromatic N) is 2. The molecule has 0 amide bonds. The number of halogens is 2. The maximum absolute atomic E-state index is 3.72. The Morgan fingerprint density at radius 1 is 0.333 bits per heavy atom. The van der Waals surface area contributed by atoms with Gasteiger partial charge in [0.1, 0.15) is 0 Å². The Bertz CT molecular complexity index is 2320. The van der Waals surface area contributed by atoms with Crippen LogP contribution in [0.25, 0.3) is 21.8 Å². The van der Waals surface area contributed by atoms with E-state index < -0.39 is 0 Å². The Kier molecular flexibility index (Phi) is 11.5. The predicted octanol–water partition coefficient (Wildman–Crippen LogP) is 3.39. The fraction of sp³-hybridized carbons (Fsp3) is 0.125. The average Bonchev–Trinajstić information content (AvgIpc) is 3.19. The van der Waals surface area contributed by atoms with Gasteiger partial charge in [0.15, 0.2) is 25.5 Å². The van der Waals surface area contributed by atoms with Crippen LogP contribution in [-0.4, -0.2) is 0 Å². The van der Waals surface area contributed by atoms with E-state index in [1.165, 1.54) is 66.3 Å². The summed E-state index contributed by atoms with van der Waals surface area (Å²) in [5.74, 6) is 0. The zero-order chi connectivity index (χ0) is 34.7. The summed E-state index contributed by atoms with van der Waals surface area (Å²) >= 11 is 0. The molecule has 0 fully saturated rings. The van der Waals surface area contributed by atoms with Gasteiger partial charge in [0.2, 0.25) is 11.0 Å². The molecule has 6 aromatic carbocycles. The van der Waals surface area contributed by atoms with Gasteiger partial charge in [0.05, 0.1) is 22.1 Å². The number of anilines is 2. The van der Waals surface area contributed by atoms with E-state index in [-0.39, 0.29) is 34.0 Å². The number of aromatic nitrogens is 2. The average molecular weight is 835 g/mol. The first kappa shape index (κ1) is 37.0. The lowest BCUT2D eigenvalue weighted by atomic mass is 10.0. The molecule has 22 rings (SSSR count). The Hall–Kier alpha value is -5.30. The highest BCUT2D eigenvalue weighted by atomic mass is 79.9. The Labute approximate surface area is 338 Å². The van der Waals surface area contributed by atoms with Crippen LogP contribution in [0.15, 0.2) is 170 Å². The molecule has 8 aromatic rings. The lowest BCUT2D eigenvalue weighted by Crippen LogP contribution is -3.00. The first-order valence-electron chi connectivity index (χ1n) is 18.3. The van der Waals surface area contributed by atoms with Gasteiger partial charge >= 0.3 is 0 Å². The van der Waals surface area contributed by atoms with Crippen molar-refractivity contribution in [3.05, 3.63) is 215 Å². The summed E-state index contributed by atoms with van der Waals surface area (Å²) in [6, 6.07) is 58.1. The fourth-order valence-electron chi connectivity index (χ4n) is 7.49. The van der Waals surface area contributed by atoms with Gasteiger partial charge < -0.3 is 44.6 Å². The molecular weight excluding hydrogens is 792 g/mol. The van der Waals surface area contributed by atoms with Gasteiger partial charge in [-0.05, 0) is 58.4 Å². The Morgan fingerprint density at radius 2 is 0.648 bits per heavy atom. The quantitative estimate of drug-likeness (QED) is 0.230. The molecule has 2 N–H and O–H groups in total. The van der Waals surface area contributed by atoms with Crippen LogP contribution in [0.5, 0.6) is 0 Å². The number of benzene rings is 6. The zero-order valence-electron chi connectivity index (χ0n) is 30.1. The van der Waals surface area contributed by atoms with E-state index >= 15 is 0 Å². The minimum Gasteiger partial charge on any atom is -1.00 e. The molecule has 0 atom stereocenters. The normalized spacial score (nSPS) is 12.7. The van der Waals surface area contributed by atoms with Crippen molar-refractivity contribution < 1.29 is 43.1 Å². The minimum atomic E-state index is 0. The maximum Gasteiger partial charge on any atom is 0.214 e. The molecular formula is C48H42Br2N4. The molecule has 268 valence electrons. The third kappa shape index (κ3) is 8.25. The van der Waals surface area contributed by atoms with Crippen molar-refractivity contribution in [1.82, 2.24) is 0 Å². The third-order valence-corrected chi connectivity index (χ3v) is 10.4. The fourth-order valence-corrected chi connectivity index (χ4v) is 7.49. The highest BCUT2D eigenvalue weighted by molar-refractivity contribution is 5.89. The molecule has 6 heteroatoms. The molecule has 16 heterocycles. The van der Waals surface area contributed by atoms with Crippen molar-refractivity contribution in [2.24, 2.45) is 0 Å². The molecule has 4 nitrogen and oxygen atoms in total. The molecule has 2 aromatic heterocycles. The summed E-state index contributed by atoms with van der Waals surface area (Å²) in [6.07, 6.45) is 6.25. The number of hydrogen-bond acceptors (Lipinski definition) is 2. The molecule has 0 spiro atoms. The standard InChI is InChI=1S/C48H40N4.2BrH/c1-3-7-47-43(5-1)45-25-27-51(47)33-41-21-13-37(14-22-41)30-38-15-23-42(24-16-38)34-52-28-26-46(44-6-2-4-8-48(44)52)50-32-40-19-11-36(12-20-40)29-35-9-17-39(18-10-35)31-49-45;;/h1-28H,29-34H2;2*1H. The van der Waals surface area contributed by atoms with Crippen LogP contribution in [0.3, 0.4) is 0 Å². The summed E-state index contributed by atoms with van der Waals surface area (Å²) < 4.78 is 4.70. The van der Waals surface area contributed by atoms with E-state index in [1.54, 1.807) is 0 Å². The van der Waals surface area contributed by atoms with Gasteiger partial charge in [-0.3, -0.25) is 0 Å². The molecule has 0 aliphatic carbocycles.